The van der Waals surface area contributed by atoms with Gasteiger partial charge in [0.2, 0.25) is 5.91 Å². The van der Waals surface area contributed by atoms with E-state index in [-0.39, 0.29) is 23.5 Å². The topological polar surface area (TPSA) is 75.3 Å². The van der Waals surface area contributed by atoms with Gasteiger partial charge in [-0.3, -0.25) is 14.4 Å². The van der Waals surface area contributed by atoms with Crippen LogP contribution in [-0.2, 0) is 11.3 Å². The number of hydrogen-bond donors (Lipinski definition) is 2. The summed E-state index contributed by atoms with van der Waals surface area (Å²) < 4.78 is 0. The highest BCUT2D eigenvalue weighted by atomic mass is 16.2. The summed E-state index contributed by atoms with van der Waals surface area (Å²) >= 11 is 0. The van der Waals surface area contributed by atoms with Crippen LogP contribution < -0.4 is 10.6 Å². The third kappa shape index (κ3) is 4.53. The molecule has 0 aromatic heterocycles. The minimum absolute atomic E-state index is 0.0475. The highest BCUT2D eigenvalue weighted by molar-refractivity contribution is 6.05. The lowest BCUT2D eigenvalue weighted by Crippen LogP contribution is -2.24. The number of benzene rings is 2. The first kappa shape index (κ1) is 16.9. The van der Waals surface area contributed by atoms with Gasteiger partial charge in [0.25, 0.3) is 5.91 Å². The molecule has 128 valence electrons. The van der Waals surface area contributed by atoms with Crippen molar-refractivity contribution in [3.63, 3.8) is 0 Å². The van der Waals surface area contributed by atoms with Gasteiger partial charge in [-0.1, -0.05) is 24.3 Å². The zero-order valence-electron chi connectivity index (χ0n) is 14.0. The maximum atomic E-state index is 12.3. The van der Waals surface area contributed by atoms with E-state index in [9.17, 15) is 14.4 Å². The van der Waals surface area contributed by atoms with Crippen molar-refractivity contribution in [1.82, 2.24) is 5.32 Å². The van der Waals surface area contributed by atoms with Gasteiger partial charge in [-0.25, -0.2) is 0 Å². The Morgan fingerprint density at radius 2 is 1.72 bits per heavy atom. The molecule has 0 bridgehead atoms. The van der Waals surface area contributed by atoms with Gasteiger partial charge in [0.05, 0.1) is 0 Å². The molecule has 1 aliphatic rings. The van der Waals surface area contributed by atoms with Gasteiger partial charge >= 0.3 is 0 Å². The Morgan fingerprint density at radius 1 is 1.00 bits per heavy atom. The van der Waals surface area contributed by atoms with E-state index in [4.69, 9.17) is 0 Å². The van der Waals surface area contributed by atoms with Gasteiger partial charge in [-0.15, -0.1) is 0 Å². The molecule has 2 amide bonds. The highest BCUT2D eigenvalue weighted by Gasteiger charge is 2.29. The van der Waals surface area contributed by atoms with Gasteiger partial charge in [-0.05, 0) is 49.6 Å². The number of carbonyl (C=O) groups is 3. The zero-order chi connectivity index (χ0) is 17.8. The van der Waals surface area contributed by atoms with E-state index in [1.54, 1.807) is 36.4 Å². The van der Waals surface area contributed by atoms with Gasteiger partial charge in [0.15, 0.2) is 5.78 Å². The molecule has 2 aromatic carbocycles. The Hall–Kier alpha value is -2.95. The predicted molar refractivity (Wildman–Crippen MR) is 95.4 cm³/mol. The quantitative estimate of drug-likeness (QED) is 0.796. The zero-order valence-corrected chi connectivity index (χ0v) is 14.0. The van der Waals surface area contributed by atoms with Gasteiger partial charge in [0.1, 0.15) is 0 Å². The van der Waals surface area contributed by atoms with Gasteiger partial charge in [-0.2, -0.15) is 0 Å². The lowest BCUT2D eigenvalue weighted by atomic mass is 10.1. The van der Waals surface area contributed by atoms with Gasteiger partial charge < -0.3 is 10.6 Å². The summed E-state index contributed by atoms with van der Waals surface area (Å²) in [6.07, 6.45) is 1.96. The monoisotopic (exact) mass is 336 g/mol. The van der Waals surface area contributed by atoms with Crippen molar-refractivity contribution >= 4 is 23.3 Å². The van der Waals surface area contributed by atoms with Gasteiger partial charge in [0, 0.05) is 29.3 Å². The summed E-state index contributed by atoms with van der Waals surface area (Å²) in [6.45, 7) is 1.96. The Morgan fingerprint density at radius 3 is 2.36 bits per heavy atom. The summed E-state index contributed by atoms with van der Waals surface area (Å²) in [5.74, 6) is 0.00551. The number of Topliss-reactive ketones (excluding diaryl/α,β-unsaturated/α-hetero) is 1. The van der Waals surface area contributed by atoms with Crippen molar-refractivity contribution in [2.75, 3.05) is 5.32 Å². The minimum atomic E-state index is -0.241. The lowest BCUT2D eigenvalue weighted by molar-refractivity contribution is -0.122. The smallest absolute Gasteiger partial charge is 0.255 e. The number of rotatable bonds is 6. The predicted octanol–water partition coefficient (Wildman–Crippen LogP) is 3.17. The van der Waals surface area contributed by atoms with Crippen LogP contribution in [0, 0.1) is 5.92 Å². The molecular weight excluding hydrogens is 316 g/mol. The molecule has 5 nitrogen and oxygen atoms in total. The molecule has 0 aliphatic heterocycles. The Bertz CT molecular complexity index is 808. The molecule has 3 rings (SSSR count). The normalized spacial score (nSPS) is 13.2. The number of amides is 2. The summed E-state index contributed by atoms with van der Waals surface area (Å²) in [5, 5.41) is 5.68. The van der Waals surface area contributed by atoms with Crippen LogP contribution >= 0.6 is 0 Å². The standard InChI is InChI=1S/C20H20N2O3/c1-13(23)17-3-2-4-18(11-17)22-20(25)16-7-5-14(6-8-16)12-21-19(24)15-9-10-15/h2-8,11,15H,9-10,12H2,1H3,(H,21,24)(H,22,25). The third-order valence-electron chi connectivity index (χ3n) is 4.16. The van der Waals surface area contributed by atoms with Crippen molar-refractivity contribution in [2.24, 2.45) is 5.92 Å². The molecule has 5 heteroatoms. The minimum Gasteiger partial charge on any atom is -0.352 e. The molecule has 25 heavy (non-hydrogen) atoms. The first-order valence-electron chi connectivity index (χ1n) is 8.32. The molecule has 0 spiro atoms. The van der Waals surface area contributed by atoms with Crippen LogP contribution in [0.5, 0.6) is 0 Å². The molecule has 0 atom stereocenters. The van der Waals surface area contributed by atoms with Crippen molar-refractivity contribution in [3.8, 4) is 0 Å². The van der Waals surface area contributed by atoms with Crippen LogP contribution in [0.25, 0.3) is 0 Å². The maximum Gasteiger partial charge on any atom is 0.255 e. The molecule has 0 saturated heterocycles. The second kappa shape index (κ2) is 7.30. The first-order chi connectivity index (χ1) is 12.0. The number of carbonyl (C=O) groups excluding carboxylic acids is 3. The fraction of sp³-hybridized carbons (Fsp3) is 0.250. The molecular formula is C20H20N2O3. The molecule has 1 aliphatic carbocycles. The van der Waals surface area contributed by atoms with Crippen LogP contribution in [0.4, 0.5) is 5.69 Å². The second-order valence-electron chi connectivity index (χ2n) is 6.28. The molecule has 1 saturated carbocycles. The number of hydrogen-bond acceptors (Lipinski definition) is 3. The molecule has 0 unspecified atom stereocenters. The maximum absolute atomic E-state index is 12.3. The van der Waals surface area contributed by atoms with E-state index in [1.165, 1.54) is 6.92 Å². The van der Waals surface area contributed by atoms with E-state index in [2.05, 4.69) is 10.6 Å². The Balaban J connectivity index is 1.59. The SMILES string of the molecule is CC(=O)c1cccc(NC(=O)c2ccc(CNC(=O)C3CC3)cc2)c1. The first-order valence-corrected chi connectivity index (χ1v) is 8.32. The van der Waals surface area contributed by atoms with E-state index in [0.717, 1.165) is 18.4 Å². The Labute approximate surface area is 146 Å². The summed E-state index contributed by atoms with van der Waals surface area (Å²) in [4.78, 5) is 35.3. The fourth-order valence-corrected chi connectivity index (χ4v) is 2.47. The van der Waals surface area contributed by atoms with E-state index >= 15 is 0 Å². The third-order valence-corrected chi connectivity index (χ3v) is 4.16. The van der Waals surface area contributed by atoms with Crippen LogP contribution in [0.15, 0.2) is 48.5 Å². The van der Waals surface area contributed by atoms with Crippen molar-refractivity contribution in [2.45, 2.75) is 26.3 Å². The van der Waals surface area contributed by atoms with Crippen molar-refractivity contribution in [1.29, 1.82) is 0 Å². The number of anilines is 1. The van der Waals surface area contributed by atoms with Crippen LogP contribution in [0.1, 0.15) is 46.0 Å². The molecule has 1 fully saturated rings. The number of ketones is 1. The number of nitrogens with one attached hydrogen (secondary N) is 2. The largest absolute Gasteiger partial charge is 0.352 e. The second-order valence-corrected chi connectivity index (χ2v) is 6.28. The van der Waals surface area contributed by atoms with E-state index < -0.39 is 0 Å². The van der Waals surface area contributed by atoms with Crippen molar-refractivity contribution < 1.29 is 14.4 Å². The van der Waals surface area contributed by atoms with Crippen LogP contribution in [-0.4, -0.2) is 17.6 Å². The average Bonchev–Trinajstić information content (AvgIpc) is 3.45. The van der Waals surface area contributed by atoms with Crippen LogP contribution in [0.3, 0.4) is 0 Å². The average molecular weight is 336 g/mol. The lowest BCUT2D eigenvalue weighted by Gasteiger charge is -2.08. The van der Waals surface area contributed by atoms with E-state index in [1.807, 2.05) is 12.1 Å². The molecule has 0 heterocycles. The summed E-state index contributed by atoms with van der Waals surface area (Å²) in [5.41, 5.74) is 2.60. The van der Waals surface area contributed by atoms with Crippen molar-refractivity contribution in [3.05, 3.63) is 65.2 Å². The molecule has 0 radical (unpaired) electrons. The summed E-state index contributed by atoms with van der Waals surface area (Å²) in [6, 6.07) is 13.9. The Kier molecular flexibility index (Phi) is 4.93. The van der Waals surface area contributed by atoms with Crippen LogP contribution in [0.2, 0.25) is 0 Å². The summed E-state index contributed by atoms with van der Waals surface area (Å²) in [7, 11) is 0. The highest BCUT2D eigenvalue weighted by Crippen LogP contribution is 2.28. The molecule has 2 aromatic rings. The van der Waals surface area contributed by atoms with E-state index in [0.29, 0.717) is 23.4 Å². The molecule has 2 N–H and O–H groups in total. The fourth-order valence-electron chi connectivity index (χ4n) is 2.47.